The van der Waals surface area contributed by atoms with Gasteiger partial charge in [0.1, 0.15) is 0 Å². The molecule has 0 radical (unpaired) electrons. The second-order valence-corrected chi connectivity index (χ2v) is 4.43. The van der Waals surface area contributed by atoms with E-state index in [1.807, 2.05) is 18.0 Å². The first kappa shape index (κ1) is 12.3. The van der Waals surface area contributed by atoms with Crippen LogP contribution in [0.15, 0.2) is 12.2 Å². The molecule has 0 aromatic heterocycles. The molecular formula is C13H23NO. The number of carbonyl (C=O) groups excluding carboxylic acids is 1. The molecular weight excluding hydrogens is 186 g/mol. The molecule has 0 unspecified atom stereocenters. The smallest absolute Gasteiger partial charge is 0.245 e. The molecule has 0 saturated heterocycles. The van der Waals surface area contributed by atoms with Crippen LogP contribution in [0.3, 0.4) is 0 Å². The van der Waals surface area contributed by atoms with E-state index < -0.39 is 0 Å². The van der Waals surface area contributed by atoms with Gasteiger partial charge in [-0.15, -0.1) is 0 Å². The number of nitrogens with zero attached hydrogens (tertiary/aromatic N) is 1. The lowest BCUT2D eigenvalue weighted by Crippen LogP contribution is -2.25. The molecule has 0 spiro atoms. The van der Waals surface area contributed by atoms with Crippen LogP contribution in [0, 0.1) is 0 Å². The van der Waals surface area contributed by atoms with Gasteiger partial charge in [0.2, 0.25) is 5.91 Å². The number of allylic oxidation sites excluding steroid dienone is 1. The highest BCUT2D eigenvalue weighted by Gasteiger charge is 2.04. The average molecular weight is 209 g/mol. The van der Waals surface area contributed by atoms with Crippen molar-refractivity contribution >= 4 is 5.91 Å². The summed E-state index contributed by atoms with van der Waals surface area (Å²) in [7, 11) is 1.90. The molecule has 1 aliphatic rings. The molecule has 0 atom stereocenters. The van der Waals surface area contributed by atoms with Gasteiger partial charge in [-0.2, -0.15) is 0 Å². The first-order valence-corrected chi connectivity index (χ1v) is 6.22. The van der Waals surface area contributed by atoms with Gasteiger partial charge in [-0.3, -0.25) is 4.79 Å². The van der Waals surface area contributed by atoms with Crippen LogP contribution in [0.1, 0.15) is 51.4 Å². The van der Waals surface area contributed by atoms with E-state index in [2.05, 4.69) is 0 Å². The van der Waals surface area contributed by atoms with E-state index in [9.17, 15) is 4.79 Å². The maximum absolute atomic E-state index is 11.6. The molecule has 0 fully saturated rings. The van der Waals surface area contributed by atoms with Gasteiger partial charge in [0.25, 0.3) is 0 Å². The molecule has 1 aliphatic heterocycles. The molecule has 0 aliphatic carbocycles. The van der Waals surface area contributed by atoms with Crippen molar-refractivity contribution in [1.29, 1.82) is 0 Å². The Morgan fingerprint density at radius 3 is 2.33 bits per heavy atom. The highest BCUT2D eigenvalue weighted by molar-refractivity contribution is 5.87. The maximum Gasteiger partial charge on any atom is 0.245 e. The summed E-state index contributed by atoms with van der Waals surface area (Å²) in [6.45, 7) is 0.906. The zero-order valence-electron chi connectivity index (χ0n) is 9.87. The Kier molecular flexibility index (Phi) is 6.14. The number of hydrogen-bond donors (Lipinski definition) is 0. The predicted molar refractivity (Wildman–Crippen MR) is 63.7 cm³/mol. The van der Waals surface area contributed by atoms with Crippen molar-refractivity contribution in [2.75, 3.05) is 13.6 Å². The van der Waals surface area contributed by atoms with Crippen molar-refractivity contribution in [2.45, 2.75) is 51.4 Å². The monoisotopic (exact) mass is 209 g/mol. The van der Waals surface area contributed by atoms with Crippen molar-refractivity contribution in [3.8, 4) is 0 Å². The van der Waals surface area contributed by atoms with E-state index in [-0.39, 0.29) is 5.91 Å². The van der Waals surface area contributed by atoms with Crippen molar-refractivity contribution in [3.05, 3.63) is 12.2 Å². The van der Waals surface area contributed by atoms with Crippen LogP contribution in [0.5, 0.6) is 0 Å². The fraction of sp³-hybridized carbons (Fsp3) is 0.769. The van der Waals surface area contributed by atoms with Crippen LogP contribution < -0.4 is 0 Å². The third-order valence-corrected chi connectivity index (χ3v) is 3.00. The van der Waals surface area contributed by atoms with E-state index in [0.29, 0.717) is 0 Å². The van der Waals surface area contributed by atoms with Crippen molar-refractivity contribution in [1.82, 2.24) is 4.90 Å². The average Bonchev–Trinajstić information content (AvgIpc) is 2.25. The summed E-state index contributed by atoms with van der Waals surface area (Å²) in [5, 5.41) is 0. The van der Waals surface area contributed by atoms with Crippen LogP contribution in [0.4, 0.5) is 0 Å². The van der Waals surface area contributed by atoms with E-state index >= 15 is 0 Å². The molecule has 1 heterocycles. The first-order chi connectivity index (χ1) is 7.30. The van der Waals surface area contributed by atoms with Gasteiger partial charge in [-0.05, 0) is 25.3 Å². The molecule has 0 aromatic carbocycles. The normalized spacial score (nSPS) is 23.8. The second-order valence-electron chi connectivity index (χ2n) is 4.43. The first-order valence-electron chi connectivity index (χ1n) is 6.22. The summed E-state index contributed by atoms with van der Waals surface area (Å²) >= 11 is 0. The molecule has 15 heavy (non-hydrogen) atoms. The topological polar surface area (TPSA) is 20.3 Å². The Morgan fingerprint density at radius 1 is 1.00 bits per heavy atom. The largest absolute Gasteiger partial charge is 0.342 e. The SMILES string of the molecule is CN1CCCCCCCCC/C=C/C1=O. The predicted octanol–water partition coefficient (Wildman–Crippen LogP) is 3.14. The summed E-state index contributed by atoms with van der Waals surface area (Å²) in [5.41, 5.74) is 0. The van der Waals surface area contributed by atoms with Crippen LogP contribution in [-0.2, 0) is 4.79 Å². The Balaban J connectivity index is 2.37. The number of hydrogen-bond acceptors (Lipinski definition) is 1. The molecule has 2 heteroatoms. The quantitative estimate of drug-likeness (QED) is 0.600. The Labute approximate surface area is 93.3 Å². The lowest BCUT2D eigenvalue weighted by Gasteiger charge is -2.14. The minimum atomic E-state index is 0.161. The minimum absolute atomic E-state index is 0.161. The molecule has 0 saturated carbocycles. The molecule has 0 aromatic rings. The van der Waals surface area contributed by atoms with E-state index in [1.54, 1.807) is 6.08 Å². The van der Waals surface area contributed by atoms with Crippen LogP contribution in [-0.4, -0.2) is 24.4 Å². The van der Waals surface area contributed by atoms with Gasteiger partial charge < -0.3 is 4.90 Å². The second kappa shape index (κ2) is 7.49. The van der Waals surface area contributed by atoms with Crippen LogP contribution in [0.25, 0.3) is 0 Å². The highest BCUT2D eigenvalue weighted by Crippen LogP contribution is 2.10. The maximum atomic E-state index is 11.6. The minimum Gasteiger partial charge on any atom is -0.342 e. The number of carbonyl (C=O) groups is 1. The van der Waals surface area contributed by atoms with Gasteiger partial charge in [0, 0.05) is 13.6 Å². The van der Waals surface area contributed by atoms with E-state index in [1.165, 1.54) is 38.5 Å². The highest BCUT2D eigenvalue weighted by atomic mass is 16.2. The summed E-state index contributed by atoms with van der Waals surface area (Å²) in [6.07, 6.45) is 13.8. The van der Waals surface area contributed by atoms with Crippen molar-refractivity contribution < 1.29 is 4.79 Å². The fourth-order valence-corrected chi connectivity index (χ4v) is 1.92. The summed E-state index contributed by atoms with van der Waals surface area (Å²) in [4.78, 5) is 13.4. The van der Waals surface area contributed by atoms with Crippen molar-refractivity contribution in [3.63, 3.8) is 0 Å². The third-order valence-electron chi connectivity index (χ3n) is 3.00. The molecule has 0 bridgehead atoms. The summed E-state index contributed by atoms with van der Waals surface area (Å²) in [6, 6.07) is 0. The molecule has 1 amide bonds. The van der Waals surface area contributed by atoms with Crippen molar-refractivity contribution in [2.24, 2.45) is 0 Å². The van der Waals surface area contributed by atoms with Gasteiger partial charge in [-0.1, -0.05) is 38.2 Å². The Morgan fingerprint density at radius 2 is 1.60 bits per heavy atom. The zero-order chi connectivity index (χ0) is 10.9. The lowest BCUT2D eigenvalue weighted by atomic mass is 10.1. The van der Waals surface area contributed by atoms with Gasteiger partial charge in [-0.25, -0.2) is 0 Å². The molecule has 0 N–H and O–H groups in total. The van der Waals surface area contributed by atoms with Gasteiger partial charge in [0.15, 0.2) is 0 Å². The van der Waals surface area contributed by atoms with E-state index in [0.717, 1.165) is 19.4 Å². The Hall–Kier alpha value is -0.790. The van der Waals surface area contributed by atoms with Gasteiger partial charge in [0.05, 0.1) is 0 Å². The molecule has 1 rings (SSSR count). The summed E-state index contributed by atoms with van der Waals surface area (Å²) < 4.78 is 0. The van der Waals surface area contributed by atoms with Gasteiger partial charge >= 0.3 is 0 Å². The van der Waals surface area contributed by atoms with Crippen LogP contribution >= 0.6 is 0 Å². The Bertz CT molecular complexity index is 211. The number of rotatable bonds is 0. The molecule has 2 nitrogen and oxygen atoms in total. The van der Waals surface area contributed by atoms with E-state index in [4.69, 9.17) is 0 Å². The zero-order valence-corrected chi connectivity index (χ0v) is 9.87. The standard InChI is InChI=1S/C13H23NO/c1-14-12-10-8-6-4-2-3-5-7-9-11-13(14)15/h9,11H,2-8,10,12H2,1H3/b11-9+. The molecule has 86 valence electrons. The lowest BCUT2D eigenvalue weighted by molar-refractivity contribution is -0.124. The fourth-order valence-electron chi connectivity index (χ4n) is 1.92. The van der Waals surface area contributed by atoms with Crippen LogP contribution in [0.2, 0.25) is 0 Å². The third kappa shape index (κ3) is 5.60. The number of likely N-dealkylation sites (N-methyl/N-ethyl adjacent to an activating group) is 1. The summed E-state index contributed by atoms with van der Waals surface area (Å²) in [5.74, 6) is 0.161. The number of amides is 1.